The molecule has 0 radical (unpaired) electrons. The summed E-state index contributed by atoms with van der Waals surface area (Å²) >= 11 is 0. The van der Waals surface area contributed by atoms with Crippen LogP contribution in [0.3, 0.4) is 0 Å². The molecule has 1 rings (SSSR count). The molecule has 0 heterocycles. The van der Waals surface area contributed by atoms with Gasteiger partial charge in [-0.05, 0) is 31.9 Å². The molecular weight excluding hydrogens is 340 g/mol. The number of carbonyl (C=O) groups is 3. The summed E-state index contributed by atoms with van der Waals surface area (Å²) in [6.07, 6.45) is -1.17. The SMILES string of the molecule is CNC(=O)OCc1cccc(C(CNC(=O)OC(C)(C)C)C(=O)OC)c1. The van der Waals surface area contributed by atoms with Gasteiger partial charge in [0.2, 0.25) is 0 Å². The largest absolute Gasteiger partial charge is 0.468 e. The number of alkyl carbamates (subject to hydrolysis) is 2. The number of ether oxygens (including phenoxy) is 3. The van der Waals surface area contributed by atoms with Crippen molar-refractivity contribution in [2.45, 2.75) is 38.9 Å². The normalized spacial score (nSPS) is 11.9. The third-order valence-electron chi connectivity index (χ3n) is 3.26. The minimum atomic E-state index is -0.715. The van der Waals surface area contributed by atoms with Crippen molar-refractivity contribution in [3.63, 3.8) is 0 Å². The molecule has 2 amide bonds. The predicted molar refractivity (Wildman–Crippen MR) is 94.7 cm³/mol. The summed E-state index contributed by atoms with van der Waals surface area (Å²) in [5.41, 5.74) is 0.699. The van der Waals surface area contributed by atoms with Gasteiger partial charge < -0.3 is 24.8 Å². The van der Waals surface area contributed by atoms with Crippen molar-refractivity contribution in [3.05, 3.63) is 35.4 Å². The molecule has 1 atom stereocenters. The fourth-order valence-electron chi connectivity index (χ4n) is 2.10. The molecule has 8 heteroatoms. The zero-order chi connectivity index (χ0) is 19.7. The van der Waals surface area contributed by atoms with Crippen molar-refractivity contribution < 1.29 is 28.6 Å². The Morgan fingerprint density at radius 3 is 2.42 bits per heavy atom. The molecule has 2 N–H and O–H groups in total. The van der Waals surface area contributed by atoms with Crippen molar-refractivity contribution in [1.29, 1.82) is 0 Å². The summed E-state index contributed by atoms with van der Waals surface area (Å²) in [5, 5.41) is 4.93. The average molecular weight is 366 g/mol. The van der Waals surface area contributed by atoms with Crippen LogP contribution < -0.4 is 10.6 Å². The molecule has 0 spiro atoms. The van der Waals surface area contributed by atoms with Crippen molar-refractivity contribution in [3.8, 4) is 0 Å². The van der Waals surface area contributed by atoms with Gasteiger partial charge in [-0.25, -0.2) is 9.59 Å². The van der Waals surface area contributed by atoms with Gasteiger partial charge in [0, 0.05) is 13.6 Å². The number of hydrogen-bond donors (Lipinski definition) is 2. The Hall–Kier alpha value is -2.77. The summed E-state index contributed by atoms with van der Waals surface area (Å²) in [5.74, 6) is -1.21. The highest BCUT2D eigenvalue weighted by molar-refractivity contribution is 5.79. The molecule has 0 aliphatic rings. The molecule has 1 aromatic carbocycles. The number of esters is 1. The van der Waals surface area contributed by atoms with Crippen LogP contribution in [-0.2, 0) is 25.6 Å². The maximum atomic E-state index is 12.1. The lowest BCUT2D eigenvalue weighted by atomic mass is 9.97. The Morgan fingerprint density at radius 2 is 1.85 bits per heavy atom. The first kappa shape index (κ1) is 21.3. The quantitative estimate of drug-likeness (QED) is 0.592. The van der Waals surface area contributed by atoms with Gasteiger partial charge in [0.15, 0.2) is 0 Å². The van der Waals surface area contributed by atoms with E-state index in [1.165, 1.54) is 14.2 Å². The van der Waals surface area contributed by atoms with Crippen LogP contribution >= 0.6 is 0 Å². The second kappa shape index (κ2) is 9.65. The minimum Gasteiger partial charge on any atom is -0.468 e. The van der Waals surface area contributed by atoms with E-state index in [2.05, 4.69) is 10.6 Å². The van der Waals surface area contributed by atoms with E-state index in [9.17, 15) is 14.4 Å². The summed E-state index contributed by atoms with van der Waals surface area (Å²) in [4.78, 5) is 35.1. The lowest BCUT2D eigenvalue weighted by Crippen LogP contribution is -2.36. The number of benzene rings is 1. The van der Waals surface area contributed by atoms with Gasteiger partial charge in [-0.15, -0.1) is 0 Å². The Balaban J connectivity index is 2.84. The van der Waals surface area contributed by atoms with Crippen LogP contribution in [0.4, 0.5) is 9.59 Å². The zero-order valence-electron chi connectivity index (χ0n) is 15.8. The maximum absolute atomic E-state index is 12.1. The van der Waals surface area contributed by atoms with Gasteiger partial charge in [0.25, 0.3) is 0 Å². The molecule has 0 saturated heterocycles. The van der Waals surface area contributed by atoms with E-state index < -0.39 is 29.7 Å². The van der Waals surface area contributed by atoms with E-state index in [1.807, 2.05) is 0 Å². The van der Waals surface area contributed by atoms with Gasteiger partial charge in [0.1, 0.15) is 12.2 Å². The smallest absolute Gasteiger partial charge is 0.407 e. The van der Waals surface area contributed by atoms with Crippen molar-refractivity contribution >= 4 is 18.2 Å². The van der Waals surface area contributed by atoms with E-state index in [4.69, 9.17) is 14.2 Å². The monoisotopic (exact) mass is 366 g/mol. The van der Waals surface area contributed by atoms with Crippen LogP contribution in [0.2, 0.25) is 0 Å². The van der Waals surface area contributed by atoms with E-state index in [0.29, 0.717) is 11.1 Å². The van der Waals surface area contributed by atoms with Crippen molar-refractivity contribution in [2.24, 2.45) is 0 Å². The lowest BCUT2D eigenvalue weighted by Gasteiger charge is -2.21. The van der Waals surface area contributed by atoms with E-state index in [-0.39, 0.29) is 13.2 Å². The number of amides is 2. The highest BCUT2D eigenvalue weighted by Gasteiger charge is 2.24. The lowest BCUT2D eigenvalue weighted by molar-refractivity contribution is -0.142. The van der Waals surface area contributed by atoms with Gasteiger partial charge in [-0.1, -0.05) is 24.3 Å². The van der Waals surface area contributed by atoms with Gasteiger partial charge in [0.05, 0.1) is 13.0 Å². The van der Waals surface area contributed by atoms with Crippen LogP contribution in [0.15, 0.2) is 24.3 Å². The second-order valence-corrected chi connectivity index (χ2v) is 6.53. The third-order valence-corrected chi connectivity index (χ3v) is 3.26. The Bertz CT molecular complexity index is 639. The van der Waals surface area contributed by atoms with Gasteiger partial charge >= 0.3 is 18.2 Å². The van der Waals surface area contributed by atoms with Crippen molar-refractivity contribution in [2.75, 3.05) is 20.7 Å². The van der Waals surface area contributed by atoms with Crippen molar-refractivity contribution in [1.82, 2.24) is 10.6 Å². The second-order valence-electron chi connectivity index (χ2n) is 6.53. The molecule has 0 bridgehead atoms. The molecule has 1 aromatic rings. The first-order valence-corrected chi connectivity index (χ1v) is 8.14. The van der Waals surface area contributed by atoms with Crippen LogP contribution in [0, 0.1) is 0 Å². The fraction of sp³-hybridized carbons (Fsp3) is 0.500. The number of methoxy groups -OCH3 is 1. The molecule has 0 aromatic heterocycles. The third kappa shape index (κ3) is 7.42. The maximum Gasteiger partial charge on any atom is 0.407 e. The average Bonchev–Trinajstić information content (AvgIpc) is 2.58. The van der Waals surface area contributed by atoms with E-state index in [0.717, 1.165) is 0 Å². The van der Waals surface area contributed by atoms with Crippen LogP contribution in [0.1, 0.15) is 37.8 Å². The summed E-state index contributed by atoms with van der Waals surface area (Å²) in [7, 11) is 2.75. The topological polar surface area (TPSA) is 103 Å². The molecular formula is C18H26N2O6. The highest BCUT2D eigenvalue weighted by atomic mass is 16.6. The number of nitrogens with one attached hydrogen (secondary N) is 2. The van der Waals surface area contributed by atoms with E-state index in [1.54, 1.807) is 45.0 Å². The predicted octanol–water partition coefficient (Wildman–Crippen LogP) is 2.32. The summed E-state index contributed by atoms with van der Waals surface area (Å²) in [6, 6.07) is 6.96. The number of rotatable bonds is 6. The first-order chi connectivity index (χ1) is 12.2. The first-order valence-electron chi connectivity index (χ1n) is 8.14. The standard InChI is InChI=1S/C18H26N2O6/c1-18(2,3)26-17(23)20-10-14(15(21)24-5)13-8-6-7-12(9-13)11-25-16(22)19-4/h6-9,14H,10-11H2,1-5H3,(H,19,22)(H,20,23). The Morgan fingerprint density at radius 1 is 1.15 bits per heavy atom. The number of hydrogen-bond acceptors (Lipinski definition) is 6. The minimum absolute atomic E-state index is 0.0152. The molecule has 0 aliphatic carbocycles. The van der Waals surface area contributed by atoms with Crippen LogP contribution in [0.5, 0.6) is 0 Å². The van der Waals surface area contributed by atoms with Crippen LogP contribution in [-0.4, -0.2) is 44.5 Å². The van der Waals surface area contributed by atoms with Gasteiger partial charge in [-0.3, -0.25) is 4.79 Å². The molecule has 8 nitrogen and oxygen atoms in total. The Labute approximate surface area is 153 Å². The zero-order valence-corrected chi connectivity index (χ0v) is 15.8. The Kier molecular flexibility index (Phi) is 7.89. The molecule has 0 fully saturated rings. The molecule has 26 heavy (non-hydrogen) atoms. The van der Waals surface area contributed by atoms with Crippen LogP contribution in [0.25, 0.3) is 0 Å². The van der Waals surface area contributed by atoms with E-state index >= 15 is 0 Å². The summed E-state index contributed by atoms with van der Waals surface area (Å²) < 4.78 is 15.0. The molecule has 0 saturated carbocycles. The summed E-state index contributed by atoms with van der Waals surface area (Å²) in [6.45, 7) is 5.32. The number of carbonyl (C=O) groups excluding carboxylic acids is 3. The molecule has 0 aliphatic heterocycles. The van der Waals surface area contributed by atoms with Gasteiger partial charge in [-0.2, -0.15) is 0 Å². The molecule has 1 unspecified atom stereocenters. The molecule has 144 valence electrons. The fourth-order valence-corrected chi connectivity index (χ4v) is 2.10. The highest BCUT2D eigenvalue weighted by Crippen LogP contribution is 2.19.